The van der Waals surface area contributed by atoms with E-state index in [1.165, 1.54) is 5.56 Å². The summed E-state index contributed by atoms with van der Waals surface area (Å²) in [6.07, 6.45) is 0.882. The van der Waals surface area contributed by atoms with Gasteiger partial charge in [0, 0.05) is 22.7 Å². The maximum absolute atomic E-state index is 6.18. The normalized spacial score (nSPS) is 10.4. The lowest BCUT2D eigenvalue weighted by atomic mass is 10.1. The molecule has 3 aromatic carbocycles. The fraction of sp³-hybridized carbons (Fsp3) is 0.174. The molecular weight excluding hydrogens is 390 g/mol. The molecule has 0 fully saturated rings. The second-order valence-electron chi connectivity index (χ2n) is 6.26. The summed E-state index contributed by atoms with van der Waals surface area (Å²) in [7, 11) is 1.67. The van der Waals surface area contributed by atoms with Gasteiger partial charge in [-0.05, 0) is 42.3 Å². The Bertz CT molecular complexity index is 928. The van der Waals surface area contributed by atoms with Gasteiger partial charge in [0.05, 0.1) is 7.11 Å². The SMILES string of the molecule is COc1ccc(CCNC(=S)c2cccc(OCc3ccccc3Cl)c2)cc1. The Kier molecular flexibility index (Phi) is 7.29. The molecule has 1 N–H and O–H groups in total. The van der Waals surface area contributed by atoms with Crippen molar-refractivity contribution in [3.63, 3.8) is 0 Å². The minimum Gasteiger partial charge on any atom is -0.497 e. The number of halogens is 1. The van der Waals surface area contributed by atoms with Gasteiger partial charge in [-0.1, -0.05) is 66.3 Å². The van der Waals surface area contributed by atoms with E-state index in [-0.39, 0.29) is 0 Å². The zero-order chi connectivity index (χ0) is 19.8. The topological polar surface area (TPSA) is 30.5 Å². The highest BCUT2D eigenvalue weighted by Crippen LogP contribution is 2.19. The number of hydrogen-bond donors (Lipinski definition) is 1. The molecule has 0 heterocycles. The molecule has 0 unspecified atom stereocenters. The first-order valence-electron chi connectivity index (χ1n) is 9.03. The highest BCUT2D eigenvalue weighted by molar-refractivity contribution is 7.80. The van der Waals surface area contributed by atoms with Gasteiger partial charge >= 0.3 is 0 Å². The molecule has 0 aliphatic heterocycles. The number of ether oxygens (including phenoxy) is 2. The van der Waals surface area contributed by atoms with Crippen molar-refractivity contribution < 1.29 is 9.47 Å². The summed E-state index contributed by atoms with van der Waals surface area (Å²) < 4.78 is 11.1. The van der Waals surface area contributed by atoms with Crippen molar-refractivity contribution in [2.75, 3.05) is 13.7 Å². The van der Waals surface area contributed by atoms with E-state index in [1.54, 1.807) is 7.11 Å². The van der Waals surface area contributed by atoms with Crippen LogP contribution in [0.4, 0.5) is 0 Å². The van der Waals surface area contributed by atoms with Crippen molar-refractivity contribution in [1.82, 2.24) is 5.32 Å². The third kappa shape index (κ3) is 5.72. The summed E-state index contributed by atoms with van der Waals surface area (Å²) in [5, 5.41) is 4.01. The molecule has 3 rings (SSSR count). The molecule has 0 aliphatic rings. The molecule has 0 radical (unpaired) electrons. The third-order valence-corrected chi connectivity index (χ3v) is 5.06. The molecule has 144 valence electrons. The minimum absolute atomic E-state index is 0.417. The Labute approximate surface area is 176 Å². The van der Waals surface area contributed by atoms with Gasteiger partial charge in [-0.15, -0.1) is 0 Å². The third-order valence-electron chi connectivity index (χ3n) is 4.31. The van der Waals surface area contributed by atoms with Gasteiger partial charge in [0.2, 0.25) is 0 Å². The lowest BCUT2D eigenvalue weighted by molar-refractivity contribution is 0.306. The van der Waals surface area contributed by atoms with E-state index >= 15 is 0 Å². The summed E-state index contributed by atoms with van der Waals surface area (Å²) in [6, 6.07) is 23.5. The van der Waals surface area contributed by atoms with Crippen LogP contribution in [0.2, 0.25) is 5.02 Å². The van der Waals surface area contributed by atoms with Gasteiger partial charge in [0.1, 0.15) is 23.1 Å². The number of benzene rings is 3. The van der Waals surface area contributed by atoms with Crippen LogP contribution in [0.3, 0.4) is 0 Å². The van der Waals surface area contributed by atoms with Crippen LogP contribution in [0, 0.1) is 0 Å². The van der Waals surface area contributed by atoms with Crippen LogP contribution < -0.4 is 14.8 Å². The molecule has 5 heteroatoms. The van der Waals surface area contributed by atoms with Crippen molar-refractivity contribution >= 4 is 28.8 Å². The van der Waals surface area contributed by atoms with E-state index in [0.717, 1.165) is 35.6 Å². The van der Waals surface area contributed by atoms with Crippen molar-refractivity contribution in [3.8, 4) is 11.5 Å². The van der Waals surface area contributed by atoms with Crippen LogP contribution in [0.1, 0.15) is 16.7 Å². The quantitative estimate of drug-likeness (QED) is 0.500. The van der Waals surface area contributed by atoms with Crippen LogP contribution in [0.15, 0.2) is 72.8 Å². The van der Waals surface area contributed by atoms with Gasteiger partial charge in [-0.2, -0.15) is 0 Å². The molecule has 0 bridgehead atoms. The van der Waals surface area contributed by atoms with E-state index in [1.807, 2.05) is 60.7 Å². The fourth-order valence-electron chi connectivity index (χ4n) is 2.72. The monoisotopic (exact) mass is 411 g/mol. The summed E-state index contributed by atoms with van der Waals surface area (Å²) in [5.41, 5.74) is 3.11. The molecule has 3 nitrogen and oxygen atoms in total. The number of rotatable bonds is 8. The van der Waals surface area contributed by atoms with Crippen LogP contribution >= 0.6 is 23.8 Å². The predicted molar refractivity (Wildman–Crippen MR) is 119 cm³/mol. The van der Waals surface area contributed by atoms with E-state index in [2.05, 4.69) is 17.4 Å². The number of hydrogen-bond acceptors (Lipinski definition) is 3. The standard InChI is InChI=1S/C23H22ClNO2S/c1-26-20-11-9-17(10-12-20)13-14-25-23(28)18-6-4-7-21(15-18)27-16-19-5-2-3-8-22(19)24/h2-12,15H,13-14,16H2,1H3,(H,25,28). The molecule has 28 heavy (non-hydrogen) atoms. The Hall–Kier alpha value is -2.56. The van der Waals surface area contributed by atoms with Crippen molar-refractivity contribution in [2.24, 2.45) is 0 Å². The number of thiocarbonyl (C=S) groups is 1. The number of nitrogens with one attached hydrogen (secondary N) is 1. The summed E-state index contributed by atoms with van der Waals surface area (Å²) in [5.74, 6) is 1.62. The van der Waals surface area contributed by atoms with E-state index in [4.69, 9.17) is 33.3 Å². The van der Waals surface area contributed by atoms with E-state index in [0.29, 0.717) is 16.6 Å². The highest BCUT2D eigenvalue weighted by Gasteiger charge is 2.05. The van der Waals surface area contributed by atoms with Gasteiger partial charge in [0.15, 0.2) is 0 Å². The van der Waals surface area contributed by atoms with Gasteiger partial charge in [-0.3, -0.25) is 0 Å². The molecule has 0 aromatic heterocycles. The predicted octanol–water partition coefficient (Wildman–Crippen LogP) is 5.44. The summed E-state index contributed by atoms with van der Waals surface area (Å²) >= 11 is 11.7. The van der Waals surface area contributed by atoms with Gasteiger partial charge in [-0.25, -0.2) is 0 Å². The smallest absolute Gasteiger partial charge is 0.120 e. The second-order valence-corrected chi connectivity index (χ2v) is 7.08. The number of methoxy groups -OCH3 is 1. The average molecular weight is 412 g/mol. The Morgan fingerprint density at radius 1 is 0.964 bits per heavy atom. The average Bonchev–Trinajstić information content (AvgIpc) is 2.74. The first kappa shape index (κ1) is 20.2. The second kappa shape index (κ2) is 10.1. The highest BCUT2D eigenvalue weighted by atomic mass is 35.5. The summed E-state index contributed by atoms with van der Waals surface area (Å²) in [6.45, 7) is 1.18. The first-order valence-corrected chi connectivity index (χ1v) is 9.82. The lowest BCUT2D eigenvalue weighted by Crippen LogP contribution is -2.24. The molecular formula is C23H22ClNO2S. The Morgan fingerprint density at radius 3 is 2.50 bits per heavy atom. The van der Waals surface area contributed by atoms with Crippen LogP contribution in [-0.4, -0.2) is 18.6 Å². The maximum Gasteiger partial charge on any atom is 0.120 e. The van der Waals surface area contributed by atoms with Crippen LogP contribution in [0.25, 0.3) is 0 Å². The molecule has 0 spiro atoms. The van der Waals surface area contributed by atoms with Crippen LogP contribution in [-0.2, 0) is 13.0 Å². The zero-order valence-corrected chi connectivity index (χ0v) is 17.2. The van der Waals surface area contributed by atoms with E-state index < -0.39 is 0 Å². The van der Waals surface area contributed by atoms with Crippen LogP contribution in [0.5, 0.6) is 11.5 Å². The van der Waals surface area contributed by atoms with Gasteiger partial charge in [0.25, 0.3) is 0 Å². The largest absolute Gasteiger partial charge is 0.497 e. The van der Waals surface area contributed by atoms with Crippen molar-refractivity contribution in [3.05, 3.63) is 94.5 Å². The minimum atomic E-state index is 0.417. The van der Waals surface area contributed by atoms with E-state index in [9.17, 15) is 0 Å². The molecule has 0 saturated heterocycles. The molecule has 0 saturated carbocycles. The molecule has 0 aliphatic carbocycles. The summed E-state index contributed by atoms with van der Waals surface area (Å²) in [4.78, 5) is 0.705. The molecule has 0 amide bonds. The van der Waals surface area contributed by atoms with Gasteiger partial charge < -0.3 is 14.8 Å². The zero-order valence-electron chi connectivity index (χ0n) is 15.7. The molecule has 0 atom stereocenters. The lowest BCUT2D eigenvalue weighted by Gasteiger charge is -2.11. The molecule has 3 aromatic rings. The maximum atomic E-state index is 6.18. The Morgan fingerprint density at radius 2 is 1.75 bits per heavy atom. The first-order chi connectivity index (χ1) is 13.7. The Balaban J connectivity index is 1.52. The fourth-order valence-corrected chi connectivity index (χ4v) is 3.14. The van der Waals surface area contributed by atoms with Crippen molar-refractivity contribution in [1.29, 1.82) is 0 Å². The van der Waals surface area contributed by atoms with Crippen molar-refractivity contribution in [2.45, 2.75) is 13.0 Å².